The topological polar surface area (TPSA) is 64.9 Å². The summed E-state index contributed by atoms with van der Waals surface area (Å²) in [6.45, 7) is 4.08. The van der Waals surface area contributed by atoms with E-state index < -0.39 is 0 Å². The molecule has 0 spiro atoms. The Morgan fingerprint density at radius 2 is 1.87 bits per heavy atom. The number of rotatable bonds is 1. The van der Waals surface area contributed by atoms with Gasteiger partial charge in [-0.1, -0.05) is 0 Å². The van der Waals surface area contributed by atoms with Crippen molar-refractivity contribution in [3.63, 3.8) is 0 Å². The molecule has 0 saturated heterocycles. The van der Waals surface area contributed by atoms with E-state index >= 15 is 0 Å². The first-order valence-corrected chi connectivity index (χ1v) is 5.49. The highest BCUT2D eigenvalue weighted by atomic mass is 32.1. The Bertz CT molecular complexity index is 483. The van der Waals surface area contributed by atoms with Crippen molar-refractivity contribution in [2.24, 2.45) is 0 Å². The quantitative estimate of drug-likeness (QED) is 0.724. The lowest BCUT2D eigenvalue weighted by Crippen LogP contribution is -1.94. The third kappa shape index (κ3) is 1.80. The minimum Gasteiger partial charge on any atom is -0.397 e. The highest BCUT2D eigenvalue weighted by Gasteiger charge is 2.07. The van der Waals surface area contributed by atoms with Crippen LogP contribution < -0.4 is 11.5 Å². The highest BCUT2D eigenvalue weighted by Crippen LogP contribution is 2.30. The van der Waals surface area contributed by atoms with Crippen LogP contribution in [0, 0.1) is 13.8 Å². The zero-order chi connectivity index (χ0) is 11.0. The summed E-state index contributed by atoms with van der Waals surface area (Å²) < 4.78 is 0. The van der Waals surface area contributed by atoms with E-state index in [0.29, 0.717) is 11.4 Å². The average Bonchev–Trinajstić information content (AvgIpc) is 2.52. The second-order valence-corrected chi connectivity index (χ2v) is 4.71. The Morgan fingerprint density at radius 1 is 1.13 bits per heavy atom. The first kappa shape index (κ1) is 9.98. The molecule has 0 unspecified atom stereocenters. The maximum Gasteiger partial charge on any atom is 0.123 e. The van der Waals surface area contributed by atoms with Gasteiger partial charge in [-0.3, -0.25) is 0 Å². The van der Waals surface area contributed by atoms with Crippen LogP contribution in [-0.4, -0.2) is 4.98 Å². The first-order valence-electron chi connectivity index (χ1n) is 4.67. The van der Waals surface area contributed by atoms with Gasteiger partial charge in [0, 0.05) is 10.4 Å². The predicted molar refractivity (Wildman–Crippen MR) is 65.8 cm³/mol. The Morgan fingerprint density at radius 3 is 2.40 bits per heavy atom. The number of hydrogen-bond donors (Lipinski definition) is 2. The molecule has 1 aromatic carbocycles. The molecule has 1 heterocycles. The third-order valence-electron chi connectivity index (χ3n) is 2.36. The van der Waals surface area contributed by atoms with Crippen LogP contribution in [0.5, 0.6) is 0 Å². The van der Waals surface area contributed by atoms with Crippen molar-refractivity contribution >= 4 is 22.7 Å². The molecule has 0 aliphatic carbocycles. The molecule has 0 atom stereocenters. The molecule has 2 aromatic rings. The van der Waals surface area contributed by atoms with Crippen molar-refractivity contribution in [1.29, 1.82) is 0 Å². The van der Waals surface area contributed by atoms with Crippen molar-refractivity contribution in [3.05, 3.63) is 28.8 Å². The van der Waals surface area contributed by atoms with Gasteiger partial charge in [0.2, 0.25) is 0 Å². The fourth-order valence-electron chi connectivity index (χ4n) is 1.30. The molecule has 0 saturated carbocycles. The van der Waals surface area contributed by atoms with Crippen LogP contribution in [0.15, 0.2) is 18.2 Å². The van der Waals surface area contributed by atoms with E-state index in [0.717, 1.165) is 16.3 Å². The maximum absolute atomic E-state index is 5.75. The molecule has 0 aliphatic heterocycles. The molecule has 0 aliphatic rings. The van der Waals surface area contributed by atoms with E-state index in [4.69, 9.17) is 11.5 Å². The molecule has 0 bridgehead atoms. The molecule has 1 aromatic heterocycles. The summed E-state index contributed by atoms with van der Waals surface area (Å²) in [5.74, 6) is 0. The van der Waals surface area contributed by atoms with Gasteiger partial charge in [-0.15, -0.1) is 11.3 Å². The summed E-state index contributed by atoms with van der Waals surface area (Å²) in [5.41, 5.74) is 14.7. The largest absolute Gasteiger partial charge is 0.397 e. The summed E-state index contributed by atoms with van der Waals surface area (Å²) in [4.78, 5) is 5.71. The molecule has 0 radical (unpaired) electrons. The molecule has 78 valence electrons. The van der Waals surface area contributed by atoms with Crippen molar-refractivity contribution in [1.82, 2.24) is 4.98 Å². The Hall–Kier alpha value is -1.55. The minimum absolute atomic E-state index is 0.609. The number of hydrogen-bond acceptors (Lipinski definition) is 4. The molecule has 4 heteroatoms. The zero-order valence-electron chi connectivity index (χ0n) is 8.74. The second-order valence-electron chi connectivity index (χ2n) is 3.50. The summed E-state index contributed by atoms with van der Waals surface area (Å²) in [6, 6.07) is 5.63. The summed E-state index contributed by atoms with van der Waals surface area (Å²) in [5, 5.41) is 0.997. The van der Waals surface area contributed by atoms with E-state index in [1.807, 2.05) is 25.1 Å². The van der Waals surface area contributed by atoms with Crippen molar-refractivity contribution in [2.45, 2.75) is 13.8 Å². The highest BCUT2D eigenvalue weighted by molar-refractivity contribution is 7.15. The number of nitrogen functional groups attached to an aromatic ring is 2. The number of benzene rings is 1. The Kier molecular flexibility index (Phi) is 2.36. The van der Waals surface area contributed by atoms with Gasteiger partial charge in [0.15, 0.2) is 0 Å². The number of thiazole rings is 1. The standard InChI is InChI=1S/C11H13N3S/c1-6-7(2)15-11(14-6)8-3-4-9(12)10(13)5-8/h3-5H,12-13H2,1-2H3. The number of aryl methyl sites for hydroxylation is 2. The van der Waals surface area contributed by atoms with Gasteiger partial charge in [-0.25, -0.2) is 4.98 Å². The molecule has 0 amide bonds. The average molecular weight is 219 g/mol. The van der Waals surface area contributed by atoms with Crippen molar-refractivity contribution in [3.8, 4) is 10.6 Å². The van der Waals surface area contributed by atoms with E-state index in [2.05, 4.69) is 11.9 Å². The maximum atomic E-state index is 5.75. The number of nitrogens with zero attached hydrogens (tertiary/aromatic N) is 1. The van der Waals surface area contributed by atoms with E-state index in [1.165, 1.54) is 4.88 Å². The van der Waals surface area contributed by atoms with Crippen LogP contribution in [0.3, 0.4) is 0 Å². The fourth-order valence-corrected chi connectivity index (χ4v) is 2.21. The lowest BCUT2D eigenvalue weighted by atomic mass is 10.2. The molecule has 0 fully saturated rings. The van der Waals surface area contributed by atoms with Crippen LogP contribution in [0.4, 0.5) is 11.4 Å². The van der Waals surface area contributed by atoms with Gasteiger partial charge < -0.3 is 11.5 Å². The first-order chi connectivity index (χ1) is 7.08. The number of anilines is 2. The lowest BCUT2D eigenvalue weighted by molar-refractivity contribution is 1.23. The smallest absolute Gasteiger partial charge is 0.123 e. The molecular weight excluding hydrogens is 206 g/mol. The van der Waals surface area contributed by atoms with Crippen LogP contribution in [-0.2, 0) is 0 Å². The van der Waals surface area contributed by atoms with Crippen LogP contribution in [0.25, 0.3) is 10.6 Å². The number of nitrogens with two attached hydrogens (primary N) is 2. The minimum atomic E-state index is 0.609. The normalized spacial score (nSPS) is 10.5. The Balaban J connectivity index is 2.49. The summed E-state index contributed by atoms with van der Waals surface area (Å²) >= 11 is 1.67. The van der Waals surface area contributed by atoms with Gasteiger partial charge in [-0.05, 0) is 32.0 Å². The van der Waals surface area contributed by atoms with Crippen LogP contribution in [0.2, 0.25) is 0 Å². The second kappa shape index (κ2) is 3.55. The molecule has 3 nitrogen and oxygen atoms in total. The van der Waals surface area contributed by atoms with Crippen LogP contribution in [0.1, 0.15) is 10.6 Å². The third-order valence-corrected chi connectivity index (χ3v) is 3.48. The van der Waals surface area contributed by atoms with Gasteiger partial charge in [-0.2, -0.15) is 0 Å². The van der Waals surface area contributed by atoms with Crippen LogP contribution >= 0.6 is 11.3 Å². The van der Waals surface area contributed by atoms with E-state index in [1.54, 1.807) is 11.3 Å². The van der Waals surface area contributed by atoms with Gasteiger partial charge in [0.1, 0.15) is 5.01 Å². The van der Waals surface area contributed by atoms with Gasteiger partial charge in [0.25, 0.3) is 0 Å². The SMILES string of the molecule is Cc1nc(-c2ccc(N)c(N)c2)sc1C. The monoisotopic (exact) mass is 219 g/mol. The summed E-state index contributed by atoms with van der Waals surface area (Å²) in [7, 11) is 0. The van der Waals surface area contributed by atoms with Gasteiger partial charge in [0.05, 0.1) is 17.1 Å². The zero-order valence-corrected chi connectivity index (χ0v) is 9.56. The molecule has 4 N–H and O–H groups in total. The van der Waals surface area contributed by atoms with E-state index in [-0.39, 0.29) is 0 Å². The number of aromatic nitrogens is 1. The summed E-state index contributed by atoms with van der Waals surface area (Å²) in [6.07, 6.45) is 0. The Labute approximate surface area is 92.8 Å². The van der Waals surface area contributed by atoms with Gasteiger partial charge >= 0.3 is 0 Å². The van der Waals surface area contributed by atoms with Crippen molar-refractivity contribution < 1.29 is 0 Å². The van der Waals surface area contributed by atoms with Crippen molar-refractivity contribution in [2.75, 3.05) is 11.5 Å². The molecule has 2 rings (SSSR count). The fraction of sp³-hybridized carbons (Fsp3) is 0.182. The lowest BCUT2D eigenvalue weighted by Gasteiger charge is -2.01. The molecule has 15 heavy (non-hydrogen) atoms. The molecular formula is C11H13N3S. The van der Waals surface area contributed by atoms with E-state index in [9.17, 15) is 0 Å². The predicted octanol–water partition coefficient (Wildman–Crippen LogP) is 2.59.